The van der Waals surface area contributed by atoms with Gasteiger partial charge in [-0.25, -0.2) is 4.79 Å². The van der Waals surface area contributed by atoms with E-state index in [-0.39, 0.29) is 12.1 Å². The molecule has 2 rings (SSSR count). The van der Waals surface area contributed by atoms with Crippen LogP contribution in [0, 0.1) is 5.92 Å². The standard InChI is InChI=1S/C19H36N4O2/c1-6-11-21-17(20-5)22-12-9-16(10-13-22)23(14-15-7-8-15)18(24)25-19(2,3)4/h15-16H,6-14H2,1-5H3,(H,20,21). The van der Waals surface area contributed by atoms with Crippen LogP contribution in [0.25, 0.3) is 0 Å². The highest BCUT2D eigenvalue weighted by molar-refractivity contribution is 5.80. The zero-order chi connectivity index (χ0) is 18.4. The quantitative estimate of drug-likeness (QED) is 0.610. The molecule has 1 saturated heterocycles. The molecule has 0 aromatic carbocycles. The summed E-state index contributed by atoms with van der Waals surface area (Å²) in [5, 5.41) is 3.40. The maximum atomic E-state index is 12.7. The van der Waals surface area contributed by atoms with Gasteiger partial charge in [0.05, 0.1) is 0 Å². The molecule has 0 unspecified atom stereocenters. The molecule has 1 amide bonds. The van der Waals surface area contributed by atoms with Crippen molar-refractivity contribution in [3.8, 4) is 0 Å². The van der Waals surface area contributed by atoms with Gasteiger partial charge in [-0.05, 0) is 58.8 Å². The Morgan fingerprint density at radius 2 is 1.88 bits per heavy atom. The van der Waals surface area contributed by atoms with Gasteiger partial charge < -0.3 is 19.9 Å². The van der Waals surface area contributed by atoms with Crippen LogP contribution >= 0.6 is 0 Å². The number of rotatable bonds is 5. The van der Waals surface area contributed by atoms with Gasteiger partial charge in [0.25, 0.3) is 0 Å². The Bertz CT molecular complexity index is 461. The van der Waals surface area contributed by atoms with E-state index in [1.165, 1.54) is 12.8 Å². The second-order valence-electron chi connectivity index (χ2n) is 8.27. The van der Waals surface area contributed by atoms with Gasteiger partial charge in [-0.2, -0.15) is 0 Å². The number of hydrogen-bond acceptors (Lipinski definition) is 3. The number of ether oxygens (including phenoxy) is 1. The zero-order valence-electron chi connectivity index (χ0n) is 16.7. The summed E-state index contributed by atoms with van der Waals surface area (Å²) in [6.07, 6.45) is 5.37. The molecule has 6 nitrogen and oxygen atoms in total. The first-order chi connectivity index (χ1) is 11.8. The van der Waals surface area contributed by atoms with E-state index in [9.17, 15) is 4.79 Å². The number of likely N-dealkylation sites (tertiary alicyclic amines) is 1. The topological polar surface area (TPSA) is 57.2 Å². The van der Waals surface area contributed by atoms with Crippen LogP contribution < -0.4 is 5.32 Å². The molecule has 25 heavy (non-hydrogen) atoms. The van der Waals surface area contributed by atoms with E-state index in [4.69, 9.17) is 4.74 Å². The summed E-state index contributed by atoms with van der Waals surface area (Å²) < 4.78 is 5.67. The summed E-state index contributed by atoms with van der Waals surface area (Å²) >= 11 is 0. The van der Waals surface area contributed by atoms with Crippen molar-refractivity contribution in [2.24, 2.45) is 10.9 Å². The molecule has 1 N–H and O–H groups in total. The highest BCUT2D eigenvalue weighted by Gasteiger charge is 2.35. The van der Waals surface area contributed by atoms with Crippen molar-refractivity contribution in [3.05, 3.63) is 0 Å². The van der Waals surface area contributed by atoms with Crippen molar-refractivity contribution in [2.45, 2.75) is 71.4 Å². The summed E-state index contributed by atoms with van der Waals surface area (Å²) in [7, 11) is 1.84. The van der Waals surface area contributed by atoms with Crippen LogP contribution in [0.3, 0.4) is 0 Å². The molecule has 0 aromatic rings. The Morgan fingerprint density at radius 1 is 1.24 bits per heavy atom. The molecule has 1 heterocycles. The SMILES string of the molecule is CCCNC(=NC)N1CCC(N(CC2CC2)C(=O)OC(C)(C)C)CC1. The molecule has 0 bridgehead atoms. The molecule has 1 aliphatic carbocycles. The van der Waals surface area contributed by atoms with E-state index in [1.807, 2.05) is 32.7 Å². The Labute approximate surface area is 153 Å². The van der Waals surface area contributed by atoms with Crippen LogP contribution in [-0.2, 0) is 4.74 Å². The largest absolute Gasteiger partial charge is 0.444 e. The first-order valence-electron chi connectivity index (χ1n) is 9.79. The third-order valence-corrected chi connectivity index (χ3v) is 4.73. The van der Waals surface area contributed by atoms with Gasteiger partial charge in [0, 0.05) is 39.3 Å². The molecule has 1 saturated carbocycles. The minimum atomic E-state index is -0.439. The number of aliphatic imine (C=N–C) groups is 1. The molecule has 0 atom stereocenters. The van der Waals surface area contributed by atoms with E-state index >= 15 is 0 Å². The van der Waals surface area contributed by atoms with E-state index in [0.717, 1.165) is 51.4 Å². The van der Waals surface area contributed by atoms with E-state index in [1.54, 1.807) is 0 Å². The second kappa shape index (κ2) is 8.77. The number of guanidine groups is 1. The fraction of sp³-hybridized carbons (Fsp3) is 0.895. The number of carbonyl (C=O) groups is 1. The molecule has 6 heteroatoms. The average Bonchev–Trinajstić information content (AvgIpc) is 3.36. The molecule has 2 aliphatic rings. The molecule has 0 radical (unpaired) electrons. The zero-order valence-corrected chi connectivity index (χ0v) is 16.7. The molecule has 144 valence electrons. The fourth-order valence-electron chi connectivity index (χ4n) is 3.23. The van der Waals surface area contributed by atoms with Gasteiger partial charge in [0.1, 0.15) is 5.60 Å². The van der Waals surface area contributed by atoms with Crippen molar-refractivity contribution in [1.29, 1.82) is 0 Å². The molecule has 0 spiro atoms. The van der Waals surface area contributed by atoms with Crippen molar-refractivity contribution in [2.75, 3.05) is 33.2 Å². The minimum Gasteiger partial charge on any atom is -0.444 e. The highest BCUT2D eigenvalue weighted by atomic mass is 16.6. The molecular formula is C19H36N4O2. The van der Waals surface area contributed by atoms with E-state index < -0.39 is 5.60 Å². The van der Waals surface area contributed by atoms with Gasteiger partial charge in [-0.15, -0.1) is 0 Å². The van der Waals surface area contributed by atoms with Gasteiger partial charge in [0.2, 0.25) is 0 Å². The summed E-state index contributed by atoms with van der Waals surface area (Å²) in [6, 6.07) is 0.274. The van der Waals surface area contributed by atoms with Crippen LogP contribution in [-0.4, -0.2) is 66.7 Å². The van der Waals surface area contributed by atoms with Gasteiger partial charge in [0.15, 0.2) is 5.96 Å². The summed E-state index contributed by atoms with van der Waals surface area (Å²) in [5.74, 6) is 1.65. The second-order valence-corrected chi connectivity index (χ2v) is 8.27. The Balaban J connectivity index is 1.93. The lowest BCUT2D eigenvalue weighted by Crippen LogP contribution is -2.52. The van der Waals surface area contributed by atoms with Gasteiger partial charge >= 0.3 is 6.09 Å². The average molecular weight is 353 g/mol. The van der Waals surface area contributed by atoms with Crippen LogP contribution in [0.2, 0.25) is 0 Å². The minimum absolute atomic E-state index is 0.147. The van der Waals surface area contributed by atoms with E-state index in [2.05, 4.69) is 22.1 Å². The molecular weight excluding hydrogens is 316 g/mol. The number of piperidine rings is 1. The summed E-state index contributed by atoms with van der Waals surface area (Å²) in [4.78, 5) is 21.4. The summed E-state index contributed by atoms with van der Waals surface area (Å²) in [5.41, 5.74) is -0.439. The molecule has 0 aromatic heterocycles. The van der Waals surface area contributed by atoms with Crippen LogP contribution in [0.5, 0.6) is 0 Å². The molecule has 1 aliphatic heterocycles. The smallest absolute Gasteiger partial charge is 0.410 e. The number of nitrogens with zero attached hydrogens (tertiary/aromatic N) is 3. The van der Waals surface area contributed by atoms with Gasteiger partial charge in [-0.3, -0.25) is 4.99 Å². The highest BCUT2D eigenvalue weighted by Crippen LogP contribution is 2.32. The fourth-order valence-corrected chi connectivity index (χ4v) is 3.23. The van der Waals surface area contributed by atoms with Crippen molar-refractivity contribution in [1.82, 2.24) is 15.1 Å². The maximum Gasteiger partial charge on any atom is 0.410 e. The van der Waals surface area contributed by atoms with Crippen LogP contribution in [0.15, 0.2) is 4.99 Å². The lowest BCUT2D eigenvalue weighted by Gasteiger charge is -2.40. The Morgan fingerprint density at radius 3 is 2.36 bits per heavy atom. The van der Waals surface area contributed by atoms with Crippen LogP contribution in [0.1, 0.15) is 59.8 Å². The monoisotopic (exact) mass is 352 g/mol. The first kappa shape index (κ1) is 19.9. The maximum absolute atomic E-state index is 12.7. The van der Waals surface area contributed by atoms with Crippen molar-refractivity contribution < 1.29 is 9.53 Å². The lowest BCUT2D eigenvalue weighted by atomic mass is 10.0. The number of carbonyl (C=O) groups excluding carboxylic acids is 1. The lowest BCUT2D eigenvalue weighted by molar-refractivity contribution is 0.00928. The Hall–Kier alpha value is -1.46. The number of amides is 1. The summed E-state index contributed by atoms with van der Waals surface area (Å²) in [6.45, 7) is 11.6. The van der Waals surface area contributed by atoms with E-state index in [0.29, 0.717) is 5.92 Å². The number of nitrogens with one attached hydrogen (secondary N) is 1. The predicted molar refractivity (Wildman–Crippen MR) is 102 cm³/mol. The number of hydrogen-bond donors (Lipinski definition) is 1. The normalized spacial score (nSPS) is 19.7. The third-order valence-electron chi connectivity index (χ3n) is 4.73. The molecule has 2 fully saturated rings. The Kier molecular flexibility index (Phi) is 6.96. The third kappa shape index (κ3) is 6.40. The van der Waals surface area contributed by atoms with Gasteiger partial charge in [-0.1, -0.05) is 6.92 Å². The van der Waals surface area contributed by atoms with Crippen molar-refractivity contribution >= 4 is 12.1 Å². The predicted octanol–water partition coefficient (Wildman–Crippen LogP) is 3.08. The first-order valence-corrected chi connectivity index (χ1v) is 9.79. The van der Waals surface area contributed by atoms with Crippen molar-refractivity contribution in [3.63, 3.8) is 0 Å². The van der Waals surface area contributed by atoms with Crippen LogP contribution in [0.4, 0.5) is 4.79 Å².